The molecule has 0 N–H and O–H groups in total. The minimum atomic E-state index is -1.02. The van der Waals surface area contributed by atoms with Crippen molar-refractivity contribution in [3.05, 3.63) is 46.9 Å². The first-order chi connectivity index (χ1) is 14.4. The molecule has 30 heavy (non-hydrogen) atoms. The zero-order valence-electron chi connectivity index (χ0n) is 17.7. The van der Waals surface area contributed by atoms with Crippen LogP contribution in [-0.4, -0.2) is 58.9 Å². The Morgan fingerprint density at radius 2 is 1.87 bits per heavy atom. The molecule has 1 aromatic heterocycles. The number of methoxy groups -OCH3 is 1. The molecule has 0 radical (unpaired) electrons. The zero-order chi connectivity index (χ0) is 21.7. The van der Waals surface area contributed by atoms with Gasteiger partial charge in [0.05, 0.1) is 7.11 Å². The highest BCUT2D eigenvalue weighted by atomic mass is 35.5. The normalized spacial score (nSPS) is 14.7. The number of anilines is 1. The third kappa shape index (κ3) is 5.35. The maximum absolute atomic E-state index is 12.2. The fourth-order valence-electron chi connectivity index (χ4n) is 3.81. The van der Waals surface area contributed by atoms with Gasteiger partial charge in [0.2, 0.25) is 0 Å². The summed E-state index contributed by atoms with van der Waals surface area (Å²) in [5, 5.41) is 0. The predicted molar refractivity (Wildman–Crippen MR) is 121 cm³/mol. The SMILES string of the molecule is CCc1nc(C)nc(N2CCCN(C(=O)C(Cl)Cl)CC2)c1Cc1ccc(OC)cc1. The van der Waals surface area contributed by atoms with Crippen LogP contribution in [0.5, 0.6) is 5.75 Å². The molecule has 1 fully saturated rings. The van der Waals surface area contributed by atoms with Crippen LogP contribution in [0.15, 0.2) is 24.3 Å². The lowest BCUT2D eigenvalue weighted by Gasteiger charge is -2.26. The fraction of sp³-hybridized carbons (Fsp3) is 0.500. The summed E-state index contributed by atoms with van der Waals surface area (Å²) in [7, 11) is 1.67. The van der Waals surface area contributed by atoms with E-state index in [2.05, 4.69) is 24.0 Å². The molecule has 0 aliphatic carbocycles. The molecule has 1 aliphatic heterocycles. The standard InChI is InChI=1S/C22H28Cl2N4O2/c1-4-19-18(14-16-6-8-17(30-3)9-7-16)21(26-15(2)25-19)27-10-5-11-28(13-12-27)22(29)20(23)24/h6-9,20H,4-5,10-14H2,1-3H3. The first-order valence-corrected chi connectivity index (χ1v) is 11.1. The van der Waals surface area contributed by atoms with Crippen molar-refractivity contribution in [2.45, 2.75) is 37.9 Å². The number of halogens is 2. The van der Waals surface area contributed by atoms with Crippen LogP contribution >= 0.6 is 23.2 Å². The number of rotatable bonds is 6. The van der Waals surface area contributed by atoms with Gasteiger partial charge >= 0.3 is 0 Å². The Bertz CT molecular complexity index is 874. The van der Waals surface area contributed by atoms with Crippen molar-refractivity contribution in [3.63, 3.8) is 0 Å². The molecule has 6 nitrogen and oxygen atoms in total. The molecule has 8 heteroatoms. The highest BCUT2D eigenvalue weighted by molar-refractivity contribution is 6.53. The summed E-state index contributed by atoms with van der Waals surface area (Å²) in [5.74, 6) is 2.33. The molecule has 1 aromatic carbocycles. The second-order valence-corrected chi connectivity index (χ2v) is 8.46. The Morgan fingerprint density at radius 1 is 1.13 bits per heavy atom. The number of benzene rings is 1. The molecule has 1 amide bonds. The van der Waals surface area contributed by atoms with Crippen LogP contribution in [0.1, 0.15) is 36.0 Å². The van der Waals surface area contributed by atoms with Gasteiger partial charge in [0.1, 0.15) is 17.4 Å². The van der Waals surface area contributed by atoms with Crippen LogP contribution in [0.25, 0.3) is 0 Å². The van der Waals surface area contributed by atoms with Crippen molar-refractivity contribution in [2.75, 3.05) is 38.2 Å². The van der Waals surface area contributed by atoms with E-state index >= 15 is 0 Å². The van der Waals surface area contributed by atoms with Gasteiger partial charge in [-0.3, -0.25) is 4.79 Å². The average molecular weight is 451 g/mol. The molecule has 1 aliphatic rings. The van der Waals surface area contributed by atoms with Crippen molar-refractivity contribution < 1.29 is 9.53 Å². The van der Waals surface area contributed by atoms with E-state index < -0.39 is 4.84 Å². The number of amides is 1. The summed E-state index contributed by atoms with van der Waals surface area (Å²) < 4.78 is 5.28. The predicted octanol–water partition coefficient (Wildman–Crippen LogP) is 3.79. The van der Waals surface area contributed by atoms with Crippen LogP contribution in [0.2, 0.25) is 0 Å². The van der Waals surface area contributed by atoms with Crippen molar-refractivity contribution >= 4 is 34.9 Å². The summed E-state index contributed by atoms with van der Waals surface area (Å²) in [6.07, 6.45) is 2.41. The summed E-state index contributed by atoms with van der Waals surface area (Å²) in [4.78, 5) is 24.7. The molecular formula is C22H28Cl2N4O2. The van der Waals surface area contributed by atoms with Crippen LogP contribution in [-0.2, 0) is 17.6 Å². The van der Waals surface area contributed by atoms with Crippen molar-refractivity contribution in [3.8, 4) is 5.75 Å². The maximum atomic E-state index is 12.2. The molecule has 1 saturated heterocycles. The van der Waals surface area contributed by atoms with Crippen molar-refractivity contribution in [2.24, 2.45) is 0 Å². The van der Waals surface area contributed by atoms with Gasteiger partial charge in [0.15, 0.2) is 4.84 Å². The lowest BCUT2D eigenvalue weighted by atomic mass is 10.0. The molecule has 162 valence electrons. The van der Waals surface area contributed by atoms with E-state index in [1.54, 1.807) is 12.0 Å². The lowest BCUT2D eigenvalue weighted by Crippen LogP contribution is -2.38. The van der Waals surface area contributed by atoms with Crippen LogP contribution < -0.4 is 9.64 Å². The number of aromatic nitrogens is 2. The van der Waals surface area contributed by atoms with Crippen molar-refractivity contribution in [1.29, 1.82) is 0 Å². The topological polar surface area (TPSA) is 58.6 Å². The molecule has 0 saturated carbocycles. The largest absolute Gasteiger partial charge is 0.497 e. The van der Waals surface area contributed by atoms with E-state index in [-0.39, 0.29) is 5.91 Å². The van der Waals surface area contributed by atoms with Gasteiger partial charge in [-0.1, -0.05) is 42.3 Å². The Labute approximate surface area is 188 Å². The number of aryl methyl sites for hydroxylation is 2. The number of hydrogen-bond acceptors (Lipinski definition) is 5. The molecule has 2 aromatic rings. The number of alkyl halides is 2. The smallest absolute Gasteiger partial charge is 0.255 e. The van der Waals surface area contributed by atoms with Gasteiger partial charge in [-0.2, -0.15) is 0 Å². The van der Waals surface area contributed by atoms with Crippen LogP contribution in [0, 0.1) is 6.92 Å². The number of hydrogen-bond donors (Lipinski definition) is 0. The van der Waals surface area contributed by atoms with E-state index in [1.807, 2.05) is 19.1 Å². The summed E-state index contributed by atoms with van der Waals surface area (Å²) in [6, 6.07) is 8.09. The molecular weight excluding hydrogens is 423 g/mol. The quantitative estimate of drug-likeness (QED) is 0.626. The van der Waals surface area contributed by atoms with E-state index in [1.165, 1.54) is 5.56 Å². The summed E-state index contributed by atoms with van der Waals surface area (Å²) in [6.45, 7) is 6.76. The minimum absolute atomic E-state index is 0.230. The molecule has 2 heterocycles. The molecule has 0 atom stereocenters. The Hall–Kier alpha value is -2.05. The fourth-order valence-corrected chi connectivity index (χ4v) is 4.08. The second kappa shape index (κ2) is 10.3. The zero-order valence-corrected chi connectivity index (χ0v) is 19.2. The third-order valence-electron chi connectivity index (χ3n) is 5.35. The number of ether oxygens (including phenoxy) is 1. The Balaban J connectivity index is 1.89. The highest BCUT2D eigenvalue weighted by Crippen LogP contribution is 2.27. The highest BCUT2D eigenvalue weighted by Gasteiger charge is 2.25. The first kappa shape index (κ1) is 22.6. The first-order valence-electron chi connectivity index (χ1n) is 10.2. The average Bonchev–Trinajstić information content (AvgIpc) is 3.00. The van der Waals surface area contributed by atoms with Gasteiger partial charge in [-0.05, 0) is 37.5 Å². The second-order valence-electron chi connectivity index (χ2n) is 7.36. The number of carbonyl (C=O) groups excluding carboxylic acids is 1. The number of nitrogens with zero attached hydrogens (tertiary/aromatic N) is 4. The van der Waals surface area contributed by atoms with E-state index in [0.717, 1.165) is 54.5 Å². The van der Waals surface area contributed by atoms with Gasteiger partial charge < -0.3 is 14.5 Å². The van der Waals surface area contributed by atoms with E-state index in [9.17, 15) is 4.79 Å². The van der Waals surface area contributed by atoms with E-state index in [4.69, 9.17) is 37.9 Å². The van der Waals surface area contributed by atoms with Crippen LogP contribution in [0.4, 0.5) is 5.82 Å². The molecule has 0 spiro atoms. The summed E-state index contributed by atoms with van der Waals surface area (Å²) in [5.41, 5.74) is 3.38. The van der Waals surface area contributed by atoms with E-state index in [0.29, 0.717) is 19.6 Å². The van der Waals surface area contributed by atoms with Gasteiger partial charge in [-0.25, -0.2) is 9.97 Å². The van der Waals surface area contributed by atoms with Gasteiger partial charge in [0, 0.05) is 43.9 Å². The molecule has 0 unspecified atom stereocenters. The third-order valence-corrected chi connectivity index (χ3v) is 5.72. The van der Waals surface area contributed by atoms with Crippen molar-refractivity contribution in [1.82, 2.24) is 14.9 Å². The Kier molecular flexibility index (Phi) is 7.78. The number of carbonyl (C=O) groups is 1. The van der Waals surface area contributed by atoms with Gasteiger partial charge in [-0.15, -0.1) is 0 Å². The minimum Gasteiger partial charge on any atom is -0.497 e. The monoisotopic (exact) mass is 450 g/mol. The lowest BCUT2D eigenvalue weighted by molar-refractivity contribution is -0.129. The summed E-state index contributed by atoms with van der Waals surface area (Å²) >= 11 is 11.6. The Morgan fingerprint density at radius 3 is 2.50 bits per heavy atom. The van der Waals surface area contributed by atoms with Gasteiger partial charge in [0.25, 0.3) is 5.91 Å². The molecule has 3 rings (SSSR count). The van der Waals surface area contributed by atoms with Crippen LogP contribution in [0.3, 0.4) is 0 Å². The maximum Gasteiger partial charge on any atom is 0.255 e. The molecule has 0 bridgehead atoms.